The molecule has 1 aliphatic rings. The zero-order valence-corrected chi connectivity index (χ0v) is 33.6. The second kappa shape index (κ2) is 34.1. The standard InChI is InChI=1S/C44H79N3O5/c1-3-5-7-9-11-12-13-14-15-16-17-18-19-24-28-32-41-45-34-36-47(41)37-35-46-42(48)38-40(44(51)52)39(30-26-22-10-8-6-4-2)31-27-23-20-21-25-29-33-43(49)50/h15-16,27,31,39-40H,3-14,17-26,28-30,32-38H2,1-2H3,(H,46,48)(H,49,50)(H,51,52)/b16-15-,31-27-. The normalized spacial score (nSPS) is 14.3. The number of hydrogen-bond donors (Lipinski definition) is 3. The van der Waals surface area contributed by atoms with E-state index < -0.39 is 17.9 Å². The van der Waals surface area contributed by atoms with Gasteiger partial charge in [0.15, 0.2) is 0 Å². The minimum Gasteiger partial charge on any atom is -0.481 e. The number of nitrogens with one attached hydrogen (secondary N) is 1. The molecule has 2 atom stereocenters. The Hall–Kier alpha value is -2.64. The minimum atomic E-state index is -0.905. The fraction of sp³-hybridized carbons (Fsp3) is 0.818. The molecule has 1 heterocycles. The molecule has 0 fully saturated rings. The molecule has 1 amide bonds. The first-order valence-electron chi connectivity index (χ1n) is 21.7. The van der Waals surface area contributed by atoms with Crippen LogP contribution in [0.1, 0.15) is 194 Å². The number of aliphatic carboxylic acids is 2. The van der Waals surface area contributed by atoms with Gasteiger partial charge in [-0.3, -0.25) is 19.4 Å². The highest BCUT2D eigenvalue weighted by Crippen LogP contribution is 2.26. The highest BCUT2D eigenvalue weighted by Gasteiger charge is 2.28. The van der Waals surface area contributed by atoms with Crippen molar-refractivity contribution < 1.29 is 24.6 Å². The highest BCUT2D eigenvalue weighted by molar-refractivity contribution is 5.84. The number of hydrogen-bond acceptors (Lipinski definition) is 5. The number of amides is 1. The first-order valence-corrected chi connectivity index (χ1v) is 21.7. The Bertz CT molecular complexity index is 994. The first-order chi connectivity index (χ1) is 25.4. The molecule has 1 rings (SSSR count). The number of rotatable bonds is 37. The molecule has 0 bridgehead atoms. The topological polar surface area (TPSA) is 119 Å². The molecule has 0 saturated heterocycles. The maximum Gasteiger partial charge on any atom is 0.307 e. The zero-order valence-electron chi connectivity index (χ0n) is 33.6. The molecular weight excluding hydrogens is 651 g/mol. The summed E-state index contributed by atoms with van der Waals surface area (Å²) in [5.41, 5.74) is 0. The average Bonchev–Trinajstić information content (AvgIpc) is 3.57. The number of carboxylic acid groups (broad SMARTS) is 2. The lowest BCUT2D eigenvalue weighted by molar-refractivity contribution is -0.145. The molecule has 8 nitrogen and oxygen atoms in total. The number of unbranched alkanes of at least 4 members (excludes halogenated alkanes) is 20. The molecule has 0 aromatic rings. The van der Waals surface area contributed by atoms with Crippen molar-refractivity contribution in [2.75, 3.05) is 26.2 Å². The lowest BCUT2D eigenvalue weighted by Gasteiger charge is -2.23. The molecule has 0 aromatic heterocycles. The Morgan fingerprint density at radius 2 is 1.25 bits per heavy atom. The first kappa shape index (κ1) is 47.4. The Balaban J connectivity index is 2.38. The van der Waals surface area contributed by atoms with Crippen LogP contribution in [0.25, 0.3) is 0 Å². The molecule has 52 heavy (non-hydrogen) atoms. The van der Waals surface area contributed by atoms with Gasteiger partial charge in [-0.2, -0.15) is 0 Å². The van der Waals surface area contributed by atoms with E-state index in [1.807, 2.05) is 6.08 Å². The largest absolute Gasteiger partial charge is 0.481 e. The van der Waals surface area contributed by atoms with Crippen LogP contribution in [0.5, 0.6) is 0 Å². The summed E-state index contributed by atoms with van der Waals surface area (Å²) in [7, 11) is 0. The highest BCUT2D eigenvalue weighted by atomic mass is 16.4. The van der Waals surface area contributed by atoms with Gasteiger partial charge in [0.2, 0.25) is 5.91 Å². The Morgan fingerprint density at radius 3 is 1.85 bits per heavy atom. The van der Waals surface area contributed by atoms with Crippen LogP contribution in [0.4, 0.5) is 0 Å². The summed E-state index contributed by atoms with van der Waals surface area (Å²) in [6.45, 7) is 7.37. The number of carbonyl (C=O) groups excluding carboxylic acids is 1. The van der Waals surface area contributed by atoms with Crippen molar-refractivity contribution in [1.82, 2.24) is 10.2 Å². The fourth-order valence-electron chi connectivity index (χ4n) is 7.14. The molecule has 8 heteroatoms. The van der Waals surface area contributed by atoms with Gasteiger partial charge in [0.1, 0.15) is 0 Å². The predicted molar refractivity (Wildman–Crippen MR) is 218 cm³/mol. The number of allylic oxidation sites excluding steroid dienone is 4. The Labute approximate surface area is 318 Å². The van der Waals surface area contributed by atoms with E-state index in [0.717, 1.165) is 83.1 Å². The third-order valence-corrected chi connectivity index (χ3v) is 10.4. The number of carbonyl (C=O) groups is 3. The van der Waals surface area contributed by atoms with Crippen LogP contribution in [0.15, 0.2) is 29.3 Å². The van der Waals surface area contributed by atoms with Gasteiger partial charge in [0.05, 0.1) is 18.3 Å². The molecule has 300 valence electrons. The van der Waals surface area contributed by atoms with E-state index in [-0.39, 0.29) is 24.7 Å². The molecule has 0 saturated carbocycles. The van der Waals surface area contributed by atoms with E-state index >= 15 is 0 Å². The van der Waals surface area contributed by atoms with Crippen molar-refractivity contribution in [1.29, 1.82) is 0 Å². The third-order valence-electron chi connectivity index (χ3n) is 10.4. The molecule has 0 aliphatic carbocycles. The number of aliphatic imine (C=N–C) groups is 1. The van der Waals surface area contributed by atoms with E-state index in [4.69, 9.17) is 10.1 Å². The van der Waals surface area contributed by atoms with Crippen LogP contribution in [-0.2, 0) is 14.4 Å². The smallest absolute Gasteiger partial charge is 0.307 e. The number of carboxylic acids is 2. The maximum absolute atomic E-state index is 13.0. The third kappa shape index (κ3) is 27.0. The number of amidine groups is 1. The Kier molecular flexibility index (Phi) is 31.1. The molecule has 3 N–H and O–H groups in total. The van der Waals surface area contributed by atoms with Crippen LogP contribution in [0, 0.1) is 11.8 Å². The van der Waals surface area contributed by atoms with E-state index in [0.29, 0.717) is 19.5 Å². The monoisotopic (exact) mass is 730 g/mol. The second-order valence-electron chi connectivity index (χ2n) is 15.1. The van der Waals surface area contributed by atoms with Crippen LogP contribution < -0.4 is 5.32 Å². The van der Waals surface area contributed by atoms with E-state index in [1.165, 1.54) is 96.3 Å². The zero-order chi connectivity index (χ0) is 37.9. The van der Waals surface area contributed by atoms with Crippen molar-refractivity contribution in [3.05, 3.63) is 24.3 Å². The SMILES string of the molecule is CCCCCCCCC/C=C\CCCCCCC1=NCCN1CCNC(=O)CC(C(=O)O)C(/C=C\CCCCCCC(=O)O)CCCCCCCC. The molecule has 0 aromatic carbocycles. The molecule has 0 spiro atoms. The fourth-order valence-corrected chi connectivity index (χ4v) is 7.14. The van der Waals surface area contributed by atoms with Crippen molar-refractivity contribution in [3.63, 3.8) is 0 Å². The van der Waals surface area contributed by atoms with Crippen molar-refractivity contribution >= 4 is 23.7 Å². The summed E-state index contributed by atoms with van der Waals surface area (Å²) in [4.78, 5) is 43.2. The van der Waals surface area contributed by atoms with Gasteiger partial charge in [-0.25, -0.2) is 0 Å². The quantitative estimate of drug-likeness (QED) is 0.0432. The maximum atomic E-state index is 13.0. The molecule has 1 aliphatic heterocycles. The van der Waals surface area contributed by atoms with Gasteiger partial charge >= 0.3 is 11.9 Å². The summed E-state index contributed by atoms with van der Waals surface area (Å²) in [5, 5.41) is 22.0. The van der Waals surface area contributed by atoms with Crippen LogP contribution in [0.2, 0.25) is 0 Å². The van der Waals surface area contributed by atoms with Crippen LogP contribution in [-0.4, -0.2) is 65.0 Å². The van der Waals surface area contributed by atoms with E-state index in [9.17, 15) is 19.5 Å². The molecule has 0 radical (unpaired) electrons. The van der Waals surface area contributed by atoms with Gasteiger partial charge < -0.3 is 20.4 Å². The van der Waals surface area contributed by atoms with Crippen molar-refractivity contribution in [2.24, 2.45) is 16.8 Å². The molecule has 2 unspecified atom stereocenters. The summed E-state index contributed by atoms with van der Waals surface area (Å²) >= 11 is 0. The average molecular weight is 730 g/mol. The summed E-state index contributed by atoms with van der Waals surface area (Å²) in [5.74, 6) is -1.62. The van der Waals surface area contributed by atoms with Gasteiger partial charge in [0, 0.05) is 38.9 Å². The lowest BCUT2D eigenvalue weighted by atomic mass is 9.84. The van der Waals surface area contributed by atoms with Gasteiger partial charge in [-0.1, -0.05) is 141 Å². The summed E-state index contributed by atoms with van der Waals surface area (Å²) < 4.78 is 0. The van der Waals surface area contributed by atoms with Crippen molar-refractivity contribution in [2.45, 2.75) is 194 Å². The number of nitrogens with zero attached hydrogens (tertiary/aromatic N) is 2. The Morgan fingerprint density at radius 1 is 0.712 bits per heavy atom. The summed E-state index contributed by atoms with van der Waals surface area (Å²) in [6, 6.07) is 0. The van der Waals surface area contributed by atoms with Gasteiger partial charge in [0.25, 0.3) is 0 Å². The predicted octanol–water partition coefficient (Wildman–Crippen LogP) is 11.3. The second-order valence-corrected chi connectivity index (χ2v) is 15.1. The van der Waals surface area contributed by atoms with E-state index in [1.54, 1.807) is 0 Å². The van der Waals surface area contributed by atoms with Crippen LogP contribution in [0.3, 0.4) is 0 Å². The molecular formula is C44H79N3O5. The summed E-state index contributed by atoms with van der Waals surface area (Å²) in [6.07, 6.45) is 38.9. The van der Waals surface area contributed by atoms with Gasteiger partial charge in [-0.05, 0) is 63.7 Å². The van der Waals surface area contributed by atoms with E-state index in [2.05, 4.69) is 42.3 Å². The van der Waals surface area contributed by atoms with Crippen molar-refractivity contribution in [3.8, 4) is 0 Å². The minimum absolute atomic E-state index is 0.00930. The lowest BCUT2D eigenvalue weighted by Crippen LogP contribution is -2.38. The van der Waals surface area contributed by atoms with Gasteiger partial charge in [-0.15, -0.1) is 0 Å². The van der Waals surface area contributed by atoms with Crippen LogP contribution >= 0.6 is 0 Å².